The van der Waals surface area contributed by atoms with Crippen molar-refractivity contribution in [1.29, 1.82) is 0 Å². The SMILES string of the molecule is CCC(c1c[nH]c(CC(C)(C)C)c1)C(C)C. The van der Waals surface area contributed by atoms with Crippen LogP contribution >= 0.6 is 0 Å². The third kappa shape index (κ3) is 3.70. The van der Waals surface area contributed by atoms with E-state index in [1.54, 1.807) is 0 Å². The maximum absolute atomic E-state index is 3.43. The first-order chi connectivity index (χ1) is 7.33. The standard InChI is InChI=1S/C15H27N/c1-7-14(11(2)3)12-8-13(16-10-12)9-15(4,5)6/h8,10-11,14,16H,7,9H2,1-6H3. The third-order valence-electron chi connectivity index (χ3n) is 3.16. The molecule has 0 aromatic carbocycles. The van der Waals surface area contributed by atoms with Crippen molar-refractivity contribution in [2.24, 2.45) is 11.3 Å². The van der Waals surface area contributed by atoms with Gasteiger partial charge in [0.15, 0.2) is 0 Å². The van der Waals surface area contributed by atoms with Gasteiger partial charge >= 0.3 is 0 Å². The van der Waals surface area contributed by atoms with Crippen LogP contribution in [0.3, 0.4) is 0 Å². The maximum atomic E-state index is 3.43. The molecule has 0 bridgehead atoms. The average Bonchev–Trinajstić information content (AvgIpc) is 2.50. The van der Waals surface area contributed by atoms with Crippen molar-refractivity contribution in [2.75, 3.05) is 0 Å². The topological polar surface area (TPSA) is 15.8 Å². The minimum Gasteiger partial charge on any atom is -0.365 e. The zero-order chi connectivity index (χ0) is 12.3. The number of nitrogens with one attached hydrogen (secondary N) is 1. The molecule has 16 heavy (non-hydrogen) atoms. The highest BCUT2D eigenvalue weighted by molar-refractivity contribution is 5.22. The van der Waals surface area contributed by atoms with Crippen LogP contribution in [0.15, 0.2) is 12.3 Å². The van der Waals surface area contributed by atoms with E-state index < -0.39 is 0 Å². The molecule has 0 aliphatic heterocycles. The van der Waals surface area contributed by atoms with Crippen LogP contribution in [0.25, 0.3) is 0 Å². The molecule has 0 radical (unpaired) electrons. The number of hydrogen-bond acceptors (Lipinski definition) is 0. The zero-order valence-corrected chi connectivity index (χ0v) is 11.7. The van der Waals surface area contributed by atoms with Crippen molar-refractivity contribution in [3.05, 3.63) is 23.5 Å². The smallest absolute Gasteiger partial charge is 0.0155 e. The van der Waals surface area contributed by atoms with Crippen molar-refractivity contribution in [3.8, 4) is 0 Å². The lowest BCUT2D eigenvalue weighted by Gasteiger charge is -2.18. The number of H-pyrrole nitrogens is 1. The van der Waals surface area contributed by atoms with E-state index in [1.807, 2.05) is 0 Å². The highest BCUT2D eigenvalue weighted by atomic mass is 14.7. The van der Waals surface area contributed by atoms with E-state index in [0.717, 1.165) is 12.3 Å². The first kappa shape index (κ1) is 13.3. The molecule has 0 saturated heterocycles. The second-order valence-electron chi connectivity index (χ2n) is 6.45. The third-order valence-corrected chi connectivity index (χ3v) is 3.16. The van der Waals surface area contributed by atoms with Crippen molar-refractivity contribution in [3.63, 3.8) is 0 Å². The minimum absolute atomic E-state index is 0.363. The lowest BCUT2D eigenvalue weighted by molar-refractivity contribution is 0.407. The molecule has 0 aliphatic carbocycles. The van der Waals surface area contributed by atoms with E-state index in [-0.39, 0.29) is 0 Å². The Bertz CT molecular complexity index is 314. The van der Waals surface area contributed by atoms with Gasteiger partial charge in [0.1, 0.15) is 0 Å². The Morgan fingerprint density at radius 1 is 1.25 bits per heavy atom. The van der Waals surface area contributed by atoms with Gasteiger partial charge in [-0.1, -0.05) is 41.5 Å². The van der Waals surface area contributed by atoms with E-state index in [1.165, 1.54) is 17.7 Å². The fraction of sp³-hybridized carbons (Fsp3) is 0.733. The second-order valence-corrected chi connectivity index (χ2v) is 6.45. The number of aromatic nitrogens is 1. The van der Waals surface area contributed by atoms with Crippen LogP contribution in [0.5, 0.6) is 0 Å². The number of hydrogen-bond donors (Lipinski definition) is 1. The lowest BCUT2D eigenvalue weighted by atomic mass is 9.86. The Labute approximate surface area is 101 Å². The summed E-state index contributed by atoms with van der Waals surface area (Å²) in [7, 11) is 0. The van der Waals surface area contributed by atoms with Crippen LogP contribution in [0.2, 0.25) is 0 Å². The Kier molecular flexibility index (Phi) is 4.23. The Morgan fingerprint density at radius 3 is 2.31 bits per heavy atom. The van der Waals surface area contributed by atoms with Crippen LogP contribution < -0.4 is 0 Å². The van der Waals surface area contributed by atoms with Gasteiger partial charge in [-0.2, -0.15) is 0 Å². The van der Waals surface area contributed by atoms with E-state index >= 15 is 0 Å². The normalized spacial score (nSPS) is 14.4. The first-order valence-electron chi connectivity index (χ1n) is 6.50. The molecule has 1 aromatic heterocycles. The molecule has 1 aromatic rings. The first-order valence-corrected chi connectivity index (χ1v) is 6.50. The van der Waals surface area contributed by atoms with Gasteiger partial charge in [0.2, 0.25) is 0 Å². The van der Waals surface area contributed by atoms with Crippen LogP contribution in [-0.2, 0) is 6.42 Å². The van der Waals surface area contributed by atoms with Gasteiger partial charge in [-0.25, -0.2) is 0 Å². The number of aromatic amines is 1. The Morgan fingerprint density at radius 2 is 1.88 bits per heavy atom. The molecule has 0 fully saturated rings. The summed E-state index contributed by atoms with van der Waals surface area (Å²) >= 11 is 0. The minimum atomic E-state index is 0.363. The molecule has 0 amide bonds. The van der Waals surface area contributed by atoms with Gasteiger partial charge in [-0.15, -0.1) is 0 Å². The van der Waals surface area contributed by atoms with Crippen molar-refractivity contribution >= 4 is 0 Å². The summed E-state index contributed by atoms with van der Waals surface area (Å²) in [5, 5.41) is 0. The summed E-state index contributed by atoms with van der Waals surface area (Å²) in [4.78, 5) is 3.43. The fourth-order valence-corrected chi connectivity index (χ4v) is 2.44. The molecule has 92 valence electrons. The van der Waals surface area contributed by atoms with Crippen LogP contribution in [0, 0.1) is 11.3 Å². The van der Waals surface area contributed by atoms with Gasteiger partial charge in [0, 0.05) is 11.9 Å². The quantitative estimate of drug-likeness (QED) is 0.755. The molecule has 0 saturated carbocycles. The van der Waals surface area contributed by atoms with Crippen LogP contribution in [0.4, 0.5) is 0 Å². The largest absolute Gasteiger partial charge is 0.365 e. The van der Waals surface area contributed by atoms with Gasteiger partial charge in [0.25, 0.3) is 0 Å². The summed E-state index contributed by atoms with van der Waals surface area (Å²) in [6, 6.07) is 2.36. The Balaban J connectivity index is 2.78. The molecule has 1 heteroatoms. The molecular weight excluding hydrogens is 194 g/mol. The summed E-state index contributed by atoms with van der Waals surface area (Å²) in [6.07, 6.45) is 4.56. The number of rotatable bonds is 4. The highest BCUT2D eigenvalue weighted by Crippen LogP contribution is 2.29. The Hall–Kier alpha value is -0.720. The average molecular weight is 221 g/mol. The molecule has 0 aliphatic rings. The van der Waals surface area contributed by atoms with Gasteiger partial charge in [-0.05, 0) is 41.7 Å². The zero-order valence-electron chi connectivity index (χ0n) is 11.7. The van der Waals surface area contributed by atoms with Crippen molar-refractivity contribution in [1.82, 2.24) is 4.98 Å². The summed E-state index contributed by atoms with van der Waals surface area (Å²) in [5.41, 5.74) is 3.22. The fourth-order valence-electron chi connectivity index (χ4n) is 2.44. The predicted octanol–water partition coefficient (Wildman–Crippen LogP) is 4.75. The summed E-state index contributed by atoms with van der Waals surface area (Å²) in [5.74, 6) is 1.42. The monoisotopic (exact) mass is 221 g/mol. The maximum Gasteiger partial charge on any atom is 0.0155 e. The van der Waals surface area contributed by atoms with Gasteiger partial charge < -0.3 is 4.98 Å². The van der Waals surface area contributed by atoms with E-state index in [2.05, 4.69) is 58.8 Å². The second kappa shape index (κ2) is 5.07. The molecule has 1 nitrogen and oxygen atoms in total. The van der Waals surface area contributed by atoms with E-state index in [4.69, 9.17) is 0 Å². The molecule has 1 rings (SSSR count). The molecule has 1 unspecified atom stereocenters. The van der Waals surface area contributed by atoms with E-state index in [0.29, 0.717) is 11.3 Å². The van der Waals surface area contributed by atoms with Gasteiger partial charge in [-0.3, -0.25) is 0 Å². The molecule has 0 spiro atoms. The molecule has 1 N–H and O–H groups in total. The van der Waals surface area contributed by atoms with Crippen molar-refractivity contribution in [2.45, 2.75) is 60.3 Å². The van der Waals surface area contributed by atoms with Crippen LogP contribution in [-0.4, -0.2) is 4.98 Å². The van der Waals surface area contributed by atoms with E-state index in [9.17, 15) is 0 Å². The summed E-state index contributed by atoms with van der Waals surface area (Å²) in [6.45, 7) is 13.8. The lowest BCUT2D eigenvalue weighted by Crippen LogP contribution is -2.09. The highest BCUT2D eigenvalue weighted by Gasteiger charge is 2.17. The predicted molar refractivity (Wildman–Crippen MR) is 71.8 cm³/mol. The van der Waals surface area contributed by atoms with Gasteiger partial charge in [0.05, 0.1) is 0 Å². The van der Waals surface area contributed by atoms with Crippen LogP contribution in [0.1, 0.15) is 65.1 Å². The summed E-state index contributed by atoms with van der Waals surface area (Å²) < 4.78 is 0. The van der Waals surface area contributed by atoms with Crippen molar-refractivity contribution < 1.29 is 0 Å². The molecule has 1 atom stereocenters. The molecular formula is C15H27N. The molecule has 1 heterocycles.